The SMILES string of the molecule is C#CC/C=C\C=C(/CC)C(=C)/C(=C\C)C(=C)/C(C)=C/C=C(/C)C(=C)C.C=C(/C=C\C=C(C)C)CC. The van der Waals surface area contributed by atoms with Gasteiger partial charge in [-0.1, -0.05) is 112 Å². The molecule has 0 aromatic carbocycles. The van der Waals surface area contributed by atoms with Crippen molar-refractivity contribution in [3.05, 3.63) is 131 Å². The quantitative estimate of drug-likeness (QED) is 0.197. The highest BCUT2D eigenvalue weighted by atomic mass is 14.1. The van der Waals surface area contributed by atoms with E-state index in [0.717, 1.165) is 40.7 Å². The Kier molecular flexibility index (Phi) is 19.5. The van der Waals surface area contributed by atoms with E-state index in [9.17, 15) is 0 Å². The molecule has 35 heavy (non-hydrogen) atoms. The predicted octanol–water partition coefficient (Wildman–Crippen LogP) is 10.9. The van der Waals surface area contributed by atoms with Crippen LogP contribution >= 0.6 is 0 Å². The molecule has 0 aliphatic rings. The fraction of sp³-hybridized carbons (Fsp3) is 0.314. The lowest BCUT2D eigenvalue weighted by atomic mass is 9.89. The van der Waals surface area contributed by atoms with Gasteiger partial charge in [0.1, 0.15) is 0 Å². The summed E-state index contributed by atoms with van der Waals surface area (Å²) < 4.78 is 0. The molecule has 0 unspecified atom stereocenters. The van der Waals surface area contributed by atoms with Crippen LogP contribution in [0.1, 0.15) is 74.7 Å². The summed E-state index contributed by atoms with van der Waals surface area (Å²) in [5.41, 5.74) is 10.1. The van der Waals surface area contributed by atoms with Gasteiger partial charge >= 0.3 is 0 Å². The van der Waals surface area contributed by atoms with Crippen molar-refractivity contribution < 1.29 is 0 Å². The molecular formula is C35H48. The molecule has 0 saturated heterocycles. The molecule has 0 aromatic rings. The molecule has 0 aliphatic carbocycles. The molecule has 0 heteroatoms. The summed E-state index contributed by atoms with van der Waals surface area (Å²) in [6, 6.07) is 0. The summed E-state index contributed by atoms with van der Waals surface area (Å²) in [5.74, 6) is 2.60. The zero-order valence-electron chi connectivity index (χ0n) is 23.7. The van der Waals surface area contributed by atoms with E-state index in [0.29, 0.717) is 6.42 Å². The Morgan fingerprint density at radius 1 is 0.771 bits per heavy atom. The number of hydrogen-bond donors (Lipinski definition) is 0. The Balaban J connectivity index is 0. The maximum atomic E-state index is 5.27. The first-order chi connectivity index (χ1) is 16.5. The summed E-state index contributed by atoms with van der Waals surface area (Å²) in [4.78, 5) is 0. The molecule has 0 N–H and O–H groups in total. The highest BCUT2D eigenvalue weighted by molar-refractivity contribution is 5.60. The van der Waals surface area contributed by atoms with Crippen LogP contribution in [0, 0.1) is 12.3 Å². The molecular weight excluding hydrogens is 420 g/mol. The van der Waals surface area contributed by atoms with Crippen molar-refractivity contribution >= 4 is 0 Å². The smallest absolute Gasteiger partial charge is 0.0270 e. The average Bonchev–Trinajstić information content (AvgIpc) is 2.82. The Labute approximate surface area is 218 Å². The molecule has 0 bridgehead atoms. The summed E-state index contributed by atoms with van der Waals surface area (Å²) in [5, 5.41) is 0. The first-order valence-electron chi connectivity index (χ1n) is 12.3. The standard InChI is InChI=1S/C25H32.C10H16/c1-10-13-14-15-16-24(11-2)23(9)25(12-3)22(8)21(7)18-17-20(6)19(4)5;1-5-10(4)8-6-7-9(2)3/h1,12,14-18H,4,8-9,11,13H2,2-3,5-7H3;6-8H,4-5H2,1-3H3/b15-14-,20-17-,21-18+,24-16+,25-12-;8-6-. The van der Waals surface area contributed by atoms with Crippen LogP contribution in [0.25, 0.3) is 0 Å². The second-order valence-electron chi connectivity index (χ2n) is 8.64. The van der Waals surface area contributed by atoms with Crippen molar-refractivity contribution in [1.29, 1.82) is 0 Å². The lowest BCUT2D eigenvalue weighted by molar-refractivity contribution is 1.11. The largest absolute Gasteiger partial charge is 0.120 e. The van der Waals surface area contributed by atoms with Crippen LogP contribution in [0.4, 0.5) is 0 Å². The molecule has 0 amide bonds. The second-order valence-corrected chi connectivity index (χ2v) is 8.64. The van der Waals surface area contributed by atoms with Gasteiger partial charge in [-0.25, -0.2) is 0 Å². The summed E-state index contributed by atoms with van der Waals surface area (Å²) in [6.07, 6.45) is 26.3. The monoisotopic (exact) mass is 468 g/mol. The van der Waals surface area contributed by atoms with Gasteiger partial charge in [-0.15, -0.1) is 12.3 Å². The number of hydrogen-bond acceptors (Lipinski definition) is 0. The van der Waals surface area contributed by atoms with Crippen molar-refractivity contribution in [3.8, 4) is 12.3 Å². The third kappa shape index (κ3) is 16.0. The van der Waals surface area contributed by atoms with Crippen molar-refractivity contribution in [3.63, 3.8) is 0 Å². The van der Waals surface area contributed by atoms with E-state index in [1.807, 2.05) is 38.2 Å². The third-order valence-electron chi connectivity index (χ3n) is 5.32. The van der Waals surface area contributed by atoms with E-state index in [1.165, 1.54) is 22.3 Å². The predicted molar refractivity (Wildman–Crippen MR) is 163 cm³/mol. The number of allylic oxidation sites excluding steroid dienone is 18. The van der Waals surface area contributed by atoms with Gasteiger partial charge in [-0.3, -0.25) is 0 Å². The Morgan fingerprint density at radius 2 is 1.37 bits per heavy atom. The van der Waals surface area contributed by atoms with Crippen LogP contribution in [0.2, 0.25) is 0 Å². The van der Waals surface area contributed by atoms with Gasteiger partial charge < -0.3 is 0 Å². The van der Waals surface area contributed by atoms with Crippen molar-refractivity contribution in [2.24, 2.45) is 0 Å². The Bertz CT molecular complexity index is 991. The van der Waals surface area contributed by atoms with Crippen LogP contribution < -0.4 is 0 Å². The lowest BCUT2D eigenvalue weighted by Gasteiger charge is -2.16. The molecule has 0 atom stereocenters. The molecule has 188 valence electrons. The van der Waals surface area contributed by atoms with Crippen LogP contribution in [0.15, 0.2) is 131 Å². The van der Waals surface area contributed by atoms with Gasteiger partial charge in [0.05, 0.1) is 0 Å². The van der Waals surface area contributed by atoms with Crippen LogP contribution in [-0.4, -0.2) is 0 Å². The van der Waals surface area contributed by atoms with Gasteiger partial charge in [0.25, 0.3) is 0 Å². The zero-order valence-corrected chi connectivity index (χ0v) is 23.7. The van der Waals surface area contributed by atoms with Gasteiger partial charge in [-0.2, -0.15) is 0 Å². The topological polar surface area (TPSA) is 0 Å². The first-order valence-corrected chi connectivity index (χ1v) is 12.3. The molecule has 0 rings (SSSR count). The van der Waals surface area contributed by atoms with E-state index in [1.54, 1.807) is 0 Å². The fourth-order valence-electron chi connectivity index (χ4n) is 2.66. The van der Waals surface area contributed by atoms with Gasteiger partial charge in [-0.05, 0) is 87.8 Å². The highest BCUT2D eigenvalue weighted by Gasteiger charge is 2.10. The summed E-state index contributed by atoms with van der Waals surface area (Å²) in [6.45, 7) is 33.0. The average molecular weight is 469 g/mol. The molecule has 0 spiro atoms. The zero-order chi connectivity index (χ0) is 27.4. The Morgan fingerprint density at radius 3 is 1.83 bits per heavy atom. The number of rotatable bonds is 12. The molecule has 0 aliphatic heterocycles. The van der Waals surface area contributed by atoms with Gasteiger partial charge in [0.15, 0.2) is 0 Å². The minimum Gasteiger partial charge on any atom is -0.120 e. The normalized spacial score (nSPS) is 12.7. The van der Waals surface area contributed by atoms with Crippen LogP contribution in [0.5, 0.6) is 0 Å². The molecule has 0 nitrogen and oxygen atoms in total. The molecule has 0 saturated carbocycles. The van der Waals surface area contributed by atoms with Crippen molar-refractivity contribution in [2.75, 3.05) is 0 Å². The van der Waals surface area contributed by atoms with Gasteiger partial charge in [0, 0.05) is 6.42 Å². The van der Waals surface area contributed by atoms with E-state index in [-0.39, 0.29) is 0 Å². The van der Waals surface area contributed by atoms with Crippen molar-refractivity contribution in [1.82, 2.24) is 0 Å². The highest BCUT2D eigenvalue weighted by Crippen LogP contribution is 2.29. The molecule has 0 heterocycles. The van der Waals surface area contributed by atoms with E-state index >= 15 is 0 Å². The minimum absolute atomic E-state index is 0.638. The molecule has 0 radical (unpaired) electrons. The maximum Gasteiger partial charge on any atom is 0.0270 e. The lowest BCUT2D eigenvalue weighted by Crippen LogP contribution is -1.97. The molecule has 0 aromatic heterocycles. The number of terminal acetylenes is 1. The van der Waals surface area contributed by atoms with Crippen LogP contribution in [-0.2, 0) is 0 Å². The minimum atomic E-state index is 0.638. The van der Waals surface area contributed by atoms with E-state index in [4.69, 9.17) is 6.42 Å². The van der Waals surface area contributed by atoms with E-state index in [2.05, 4.69) is 104 Å². The maximum absolute atomic E-state index is 5.27. The van der Waals surface area contributed by atoms with E-state index < -0.39 is 0 Å². The fourth-order valence-corrected chi connectivity index (χ4v) is 2.66. The summed E-state index contributed by atoms with van der Waals surface area (Å²) in [7, 11) is 0. The summed E-state index contributed by atoms with van der Waals surface area (Å²) >= 11 is 0. The third-order valence-corrected chi connectivity index (χ3v) is 5.32. The van der Waals surface area contributed by atoms with Crippen molar-refractivity contribution in [2.45, 2.75) is 74.7 Å². The van der Waals surface area contributed by atoms with Gasteiger partial charge in [0.2, 0.25) is 0 Å². The molecule has 0 fully saturated rings. The van der Waals surface area contributed by atoms with Crippen LogP contribution in [0.3, 0.4) is 0 Å². The first kappa shape index (κ1) is 33.9. The Hall–Kier alpha value is -3.30. The second kappa shape index (κ2) is 20.1.